The number of nitrogens with zero attached hydrogens (tertiary/aromatic N) is 2. The smallest absolute Gasteiger partial charge is 0.244 e. The Kier molecular flexibility index (Phi) is 2.97. The molecule has 1 saturated heterocycles. The van der Waals surface area contributed by atoms with E-state index in [2.05, 4.69) is 31.4 Å². The van der Waals surface area contributed by atoms with E-state index in [0.717, 1.165) is 27.7 Å². The topological polar surface area (TPSA) is 51.0 Å². The molecule has 2 aromatic heterocycles. The fourth-order valence-electron chi connectivity index (χ4n) is 3.35. The minimum absolute atomic E-state index is 0.261. The van der Waals surface area contributed by atoms with Crippen molar-refractivity contribution < 1.29 is 4.52 Å². The van der Waals surface area contributed by atoms with Crippen molar-refractivity contribution >= 4 is 27.3 Å². The minimum Gasteiger partial charge on any atom is -0.337 e. The Morgan fingerprint density at radius 3 is 3.21 bits per heavy atom. The van der Waals surface area contributed by atoms with Crippen LogP contribution < -0.4 is 5.32 Å². The lowest BCUT2D eigenvalue weighted by Gasteiger charge is -2.13. The van der Waals surface area contributed by atoms with Crippen molar-refractivity contribution in [2.24, 2.45) is 11.8 Å². The molecular weight excluding hydrogens is 326 g/mol. The number of nitrogens with one attached hydrogen (secondary N) is 1. The van der Waals surface area contributed by atoms with E-state index < -0.39 is 0 Å². The average Bonchev–Trinajstić information content (AvgIpc) is 3.11. The second-order valence-corrected chi connectivity index (χ2v) is 7.15. The number of hydrogen-bond donors (Lipinski definition) is 1. The SMILES string of the molecule is Brc1csc(-c2noc(C3NCC4CCCC43)n2)c1. The van der Waals surface area contributed by atoms with Crippen LogP contribution in [0.25, 0.3) is 10.7 Å². The molecule has 2 fully saturated rings. The van der Waals surface area contributed by atoms with Crippen LogP contribution in [0, 0.1) is 11.8 Å². The summed E-state index contributed by atoms with van der Waals surface area (Å²) in [6.45, 7) is 1.09. The van der Waals surface area contributed by atoms with Gasteiger partial charge in [-0.3, -0.25) is 0 Å². The first-order valence-electron chi connectivity index (χ1n) is 6.62. The van der Waals surface area contributed by atoms with Gasteiger partial charge in [-0.1, -0.05) is 11.6 Å². The van der Waals surface area contributed by atoms with Crippen molar-refractivity contribution in [2.45, 2.75) is 25.3 Å². The van der Waals surface area contributed by atoms with Gasteiger partial charge in [0.2, 0.25) is 11.7 Å². The van der Waals surface area contributed by atoms with Crippen molar-refractivity contribution in [1.29, 1.82) is 0 Å². The van der Waals surface area contributed by atoms with Gasteiger partial charge in [0, 0.05) is 9.85 Å². The van der Waals surface area contributed by atoms with Crippen molar-refractivity contribution in [1.82, 2.24) is 15.5 Å². The second-order valence-electron chi connectivity index (χ2n) is 5.33. The predicted octanol–water partition coefficient (Wildman–Crippen LogP) is 3.62. The molecule has 0 bridgehead atoms. The van der Waals surface area contributed by atoms with Crippen molar-refractivity contribution in [2.75, 3.05) is 6.54 Å². The number of hydrogen-bond acceptors (Lipinski definition) is 5. The maximum absolute atomic E-state index is 5.49. The molecule has 3 heterocycles. The van der Waals surface area contributed by atoms with Crippen LogP contribution >= 0.6 is 27.3 Å². The molecule has 2 aromatic rings. The summed E-state index contributed by atoms with van der Waals surface area (Å²) in [4.78, 5) is 5.63. The lowest BCUT2D eigenvalue weighted by Crippen LogP contribution is -2.18. The van der Waals surface area contributed by atoms with E-state index in [1.807, 2.05) is 11.4 Å². The number of fused-ring (bicyclic) bond motifs is 1. The lowest BCUT2D eigenvalue weighted by atomic mass is 9.94. The Morgan fingerprint density at radius 1 is 1.42 bits per heavy atom. The van der Waals surface area contributed by atoms with Crippen LogP contribution in [-0.2, 0) is 0 Å². The summed E-state index contributed by atoms with van der Waals surface area (Å²) in [6.07, 6.45) is 3.96. The van der Waals surface area contributed by atoms with Crippen molar-refractivity contribution in [3.63, 3.8) is 0 Å². The molecule has 0 spiro atoms. The minimum atomic E-state index is 0.261. The van der Waals surface area contributed by atoms with Crippen LogP contribution in [0.4, 0.5) is 0 Å². The molecule has 1 N–H and O–H groups in total. The van der Waals surface area contributed by atoms with E-state index in [-0.39, 0.29) is 6.04 Å². The summed E-state index contributed by atoms with van der Waals surface area (Å²) in [6, 6.07) is 2.29. The Balaban J connectivity index is 1.61. The third-order valence-electron chi connectivity index (χ3n) is 4.24. The third-order valence-corrected chi connectivity index (χ3v) is 5.93. The number of thiophene rings is 1. The van der Waals surface area contributed by atoms with Gasteiger partial charge in [0.1, 0.15) is 0 Å². The molecule has 100 valence electrons. The first-order valence-corrected chi connectivity index (χ1v) is 8.30. The van der Waals surface area contributed by atoms with Gasteiger partial charge >= 0.3 is 0 Å². The maximum atomic E-state index is 5.49. The van der Waals surface area contributed by atoms with Crippen LogP contribution in [0.15, 0.2) is 20.4 Å². The van der Waals surface area contributed by atoms with Gasteiger partial charge in [-0.25, -0.2) is 0 Å². The van der Waals surface area contributed by atoms with Gasteiger partial charge in [0.15, 0.2) is 0 Å². The normalized spacial score (nSPS) is 29.8. The lowest BCUT2D eigenvalue weighted by molar-refractivity contribution is 0.302. The van der Waals surface area contributed by atoms with Crippen LogP contribution in [0.3, 0.4) is 0 Å². The van der Waals surface area contributed by atoms with Crippen LogP contribution in [0.1, 0.15) is 31.2 Å². The highest BCUT2D eigenvalue weighted by Crippen LogP contribution is 2.44. The second kappa shape index (κ2) is 4.68. The van der Waals surface area contributed by atoms with E-state index in [1.54, 1.807) is 11.3 Å². The van der Waals surface area contributed by atoms with Crippen LogP contribution in [-0.4, -0.2) is 16.7 Å². The molecule has 3 atom stereocenters. The molecule has 1 aliphatic heterocycles. The Bertz CT molecular complexity index is 596. The van der Waals surface area contributed by atoms with Crippen LogP contribution in [0.5, 0.6) is 0 Å². The molecule has 6 heteroatoms. The standard InChI is InChI=1S/C13H14BrN3OS/c14-8-4-10(19-6-8)12-16-13(18-17-12)11-9-3-1-2-7(9)5-15-11/h4,6-7,9,11,15H,1-3,5H2. The van der Waals surface area contributed by atoms with E-state index in [4.69, 9.17) is 4.52 Å². The molecule has 0 radical (unpaired) electrons. The average molecular weight is 340 g/mol. The summed E-state index contributed by atoms with van der Waals surface area (Å²) in [5.74, 6) is 2.95. The Labute approximate surface area is 123 Å². The van der Waals surface area contributed by atoms with Gasteiger partial charge in [0.25, 0.3) is 0 Å². The predicted molar refractivity (Wildman–Crippen MR) is 76.9 cm³/mol. The molecule has 0 amide bonds. The van der Waals surface area contributed by atoms with Gasteiger partial charge in [0.05, 0.1) is 10.9 Å². The van der Waals surface area contributed by atoms with Gasteiger partial charge in [-0.2, -0.15) is 4.98 Å². The highest BCUT2D eigenvalue weighted by Gasteiger charge is 2.42. The van der Waals surface area contributed by atoms with Crippen molar-refractivity contribution in [3.05, 3.63) is 21.8 Å². The molecular formula is C13H14BrN3OS. The third kappa shape index (κ3) is 2.06. The summed E-state index contributed by atoms with van der Waals surface area (Å²) >= 11 is 5.08. The number of halogens is 1. The largest absolute Gasteiger partial charge is 0.337 e. The fourth-order valence-corrected chi connectivity index (χ4v) is 4.70. The summed E-state index contributed by atoms with van der Waals surface area (Å²) in [5, 5.41) is 9.70. The van der Waals surface area contributed by atoms with Gasteiger partial charge in [-0.05, 0) is 53.2 Å². The Hall–Kier alpha value is -0.720. The van der Waals surface area contributed by atoms with Gasteiger partial charge in [-0.15, -0.1) is 11.3 Å². The van der Waals surface area contributed by atoms with E-state index >= 15 is 0 Å². The summed E-state index contributed by atoms with van der Waals surface area (Å²) in [5.41, 5.74) is 0. The quantitative estimate of drug-likeness (QED) is 0.907. The van der Waals surface area contributed by atoms with E-state index in [9.17, 15) is 0 Å². The monoisotopic (exact) mass is 339 g/mol. The number of aromatic nitrogens is 2. The molecule has 19 heavy (non-hydrogen) atoms. The molecule has 4 rings (SSSR count). The number of rotatable bonds is 2. The molecule has 1 aliphatic carbocycles. The molecule has 4 nitrogen and oxygen atoms in total. The molecule has 3 unspecified atom stereocenters. The first kappa shape index (κ1) is 12.1. The molecule has 1 saturated carbocycles. The van der Waals surface area contributed by atoms with Crippen molar-refractivity contribution in [3.8, 4) is 10.7 Å². The first-order chi connectivity index (χ1) is 9.31. The van der Waals surface area contributed by atoms with Gasteiger partial charge < -0.3 is 9.84 Å². The highest BCUT2D eigenvalue weighted by atomic mass is 79.9. The van der Waals surface area contributed by atoms with Crippen LogP contribution in [0.2, 0.25) is 0 Å². The summed E-state index contributed by atoms with van der Waals surface area (Å²) < 4.78 is 6.55. The highest BCUT2D eigenvalue weighted by molar-refractivity contribution is 9.10. The summed E-state index contributed by atoms with van der Waals surface area (Å²) in [7, 11) is 0. The van der Waals surface area contributed by atoms with E-state index in [1.165, 1.54) is 19.3 Å². The molecule has 0 aromatic carbocycles. The fraction of sp³-hybridized carbons (Fsp3) is 0.538. The zero-order valence-corrected chi connectivity index (χ0v) is 12.7. The molecule has 2 aliphatic rings. The van der Waals surface area contributed by atoms with E-state index in [0.29, 0.717) is 11.7 Å². The maximum Gasteiger partial charge on any atom is 0.244 e. The Morgan fingerprint density at radius 2 is 2.37 bits per heavy atom. The zero-order chi connectivity index (χ0) is 12.8. The zero-order valence-electron chi connectivity index (χ0n) is 10.3.